The zero-order valence-electron chi connectivity index (χ0n) is 12.9. The van der Waals surface area contributed by atoms with Crippen LogP contribution in [0.5, 0.6) is 5.75 Å². The molecule has 0 unspecified atom stereocenters. The van der Waals surface area contributed by atoms with Gasteiger partial charge in [-0.05, 0) is 30.7 Å². The fraction of sp³-hybridized carbons (Fsp3) is 0.118. The van der Waals surface area contributed by atoms with Crippen molar-refractivity contribution in [3.05, 3.63) is 63.8 Å². The first-order valence-electron chi connectivity index (χ1n) is 7.23. The second kappa shape index (κ2) is 6.84. The Hall–Kier alpha value is -2.67. The fourth-order valence-corrected chi connectivity index (χ4v) is 2.61. The molecule has 1 amide bonds. The molecule has 6 nitrogen and oxygen atoms in total. The average Bonchev–Trinajstić information content (AvgIpc) is 3.05. The van der Waals surface area contributed by atoms with Crippen LogP contribution in [0.3, 0.4) is 0 Å². The molecule has 3 rings (SSSR count). The molecule has 1 aromatic heterocycles. The molecule has 0 atom stereocenters. The second-order valence-corrected chi connectivity index (χ2v) is 6.22. The molecule has 7 heteroatoms. The van der Waals surface area contributed by atoms with Crippen LogP contribution in [0.25, 0.3) is 11.3 Å². The molecule has 0 aliphatic heterocycles. The zero-order chi connectivity index (χ0) is 17.1. The minimum atomic E-state index is -0.650. The van der Waals surface area contributed by atoms with Gasteiger partial charge < -0.3 is 10.5 Å². The number of hydrogen-bond acceptors (Lipinski definition) is 4. The summed E-state index contributed by atoms with van der Waals surface area (Å²) in [5.74, 6) is -0.0571. The van der Waals surface area contributed by atoms with Crippen molar-refractivity contribution in [2.45, 2.75) is 13.5 Å². The van der Waals surface area contributed by atoms with E-state index in [9.17, 15) is 4.79 Å². The predicted molar refractivity (Wildman–Crippen MR) is 93.5 cm³/mol. The van der Waals surface area contributed by atoms with Gasteiger partial charge in [0.05, 0.1) is 0 Å². The lowest BCUT2D eigenvalue weighted by atomic mass is 10.1. The minimum Gasteiger partial charge on any atom is -0.488 e. The Bertz CT molecular complexity index is 875. The molecule has 0 aliphatic carbocycles. The van der Waals surface area contributed by atoms with Crippen LogP contribution in [-0.4, -0.2) is 21.3 Å². The van der Waals surface area contributed by atoms with E-state index in [2.05, 4.69) is 31.3 Å². The number of ether oxygens (including phenoxy) is 1. The SMILES string of the molecule is Cc1ccc(COc2ccc(Br)cc2-c2n[nH]nc2C(N)=O)cc1. The lowest BCUT2D eigenvalue weighted by Gasteiger charge is -2.11. The normalized spacial score (nSPS) is 10.6. The van der Waals surface area contributed by atoms with Gasteiger partial charge in [0.1, 0.15) is 18.1 Å². The number of hydrogen-bond donors (Lipinski definition) is 2. The van der Waals surface area contributed by atoms with Gasteiger partial charge in [0.25, 0.3) is 5.91 Å². The number of H-pyrrole nitrogens is 1. The molecule has 0 bridgehead atoms. The van der Waals surface area contributed by atoms with E-state index in [4.69, 9.17) is 10.5 Å². The molecule has 3 aromatic rings. The van der Waals surface area contributed by atoms with E-state index in [1.54, 1.807) is 0 Å². The van der Waals surface area contributed by atoms with Crippen molar-refractivity contribution >= 4 is 21.8 Å². The van der Waals surface area contributed by atoms with E-state index < -0.39 is 5.91 Å². The zero-order valence-corrected chi connectivity index (χ0v) is 14.5. The Morgan fingerprint density at radius 3 is 2.67 bits per heavy atom. The monoisotopic (exact) mass is 386 g/mol. The van der Waals surface area contributed by atoms with Gasteiger partial charge in [-0.1, -0.05) is 45.8 Å². The molecule has 0 fully saturated rings. The summed E-state index contributed by atoms with van der Waals surface area (Å²) in [4.78, 5) is 11.5. The lowest BCUT2D eigenvalue weighted by molar-refractivity contribution is 0.0996. The van der Waals surface area contributed by atoms with E-state index in [0.717, 1.165) is 10.0 Å². The standard InChI is InChI=1S/C17H15BrN4O2/c1-10-2-4-11(5-3-10)9-24-14-7-6-12(18)8-13(14)15-16(17(19)23)21-22-20-15/h2-8H,9H2,1H3,(H2,19,23)(H,20,21,22). The van der Waals surface area contributed by atoms with E-state index in [1.165, 1.54) is 5.56 Å². The highest BCUT2D eigenvalue weighted by Crippen LogP contribution is 2.33. The van der Waals surface area contributed by atoms with Crippen molar-refractivity contribution in [1.82, 2.24) is 15.4 Å². The Morgan fingerprint density at radius 1 is 1.21 bits per heavy atom. The van der Waals surface area contributed by atoms with Gasteiger partial charge in [0.2, 0.25) is 0 Å². The summed E-state index contributed by atoms with van der Waals surface area (Å²) >= 11 is 3.42. The molecule has 0 radical (unpaired) electrons. The van der Waals surface area contributed by atoms with Crippen LogP contribution in [0.4, 0.5) is 0 Å². The quantitative estimate of drug-likeness (QED) is 0.703. The van der Waals surface area contributed by atoms with E-state index in [0.29, 0.717) is 23.6 Å². The molecular formula is C17H15BrN4O2. The maximum atomic E-state index is 11.5. The van der Waals surface area contributed by atoms with Crippen LogP contribution in [-0.2, 0) is 6.61 Å². The Kier molecular flexibility index (Phi) is 4.61. The molecular weight excluding hydrogens is 372 g/mol. The summed E-state index contributed by atoms with van der Waals surface area (Å²) < 4.78 is 6.75. The van der Waals surface area contributed by atoms with Crippen molar-refractivity contribution in [1.29, 1.82) is 0 Å². The second-order valence-electron chi connectivity index (χ2n) is 5.30. The third-order valence-electron chi connectivity index (χ3n) is 3.49. The van der Waals surface area contributed by atoms with Crippen molar-refractivity contribution < 1.29 is 9.53 Å². The number of aromatic nitrogens is 3. The van der Waals surface area contributed by atoms with Gasteiger partial charge in [-0.3, -0.25) is 4.79 Å². The third kappa shape index (κ3) is 3.46. The van der Waals surface area contributed by atoms with Crippen LogP contribution < -0.4 is 10.5 Å². The molecule has 0 saturated carbocycles. The van der Waals surface area contributed by atoms with Crippen LogP contribution in [0, 0.1) is 6.92 Å². The Morgan fingerprint density at radius 2 is 1.96 bits per heavy atom. The number of aromatic amines is 1. The summed E-state index contributed by atoms with van der Waals surface area (Å²) in [5, 5.41) is 10.3. The highest BCUT2D eigenvalue weighted by atomic mass is 79.9. The summed E-state index contributed by atoms with van der Waals surface area (Å²) in [6.07, 6.45) is 0. The summed E-state index contributed by atoms with van der Waals surface area (Å²) in [6, 6.07) is 13.6. The topological polar surface area (TPSA) is 93.9 Å². The number of nitrogens with one attached hydrogen (secondary N) is 1. The van der Waals surface area contributed by atoms with Crippen LogP contribution in [0.15, 0.2) is 46.9 Å². The van der Waals surface area contributed by atoms with Gasteiger partial charge in [0, 0.05) is 10.0 Å². The Balaban J connectivity index is 1.92. The summed E-state index contributed by atoms with van der Waals surface area (Å²) in [5.41, 5.74) is 8.67. The molecule has 1 heterocycles. The van der Waals surface area contributed by atoms with Crippen molar-refractivity contribution in [2.24, 2.45) is 5.73 Å². The molecule has 2 aromatic carbocycles. The highest BCUT2D eigenvalue weighted by Gasteiger charge is 2.19. The minimum absolute atomic E-state index is 0.0771. The van der Waals surface area contributed by atoms with Crippen molar-refractivity contribution in [3.63, 3.8) is 0 Å². The first-order valence-corrected chi connectivity index (χ1v) is 8.02. The molecule has 0 aliphatic rings. The Labute approximate surface area is 147 Å². The van der Waals surface area contributed by atoms with Crippen molar-refractivity contribution in [3.8, 4) is 17.0 Å². The van der Waals surface area contributed by atoms with Gasteiger partial charge in [-0.25, -0.2) is 0 Å². The molecule has 0 spiro atoms. The number of benzene rings is 2. The van der Waals surface area contributed by atoms with Gasteiger partial charge >= 0.3 is 0 Å². The smallest absolute Gasteiger partial charge is 0.271 e. The molecule has 122 valence electrons. The van der Waals surface area contributed by atoms with Gasteiger partial charge in [-0.15, -0.1) is 0 Å². The van der Waals surface area contributed by atoms with E-state index in [1.807, 2.05) is 49.4 Å². The first kappa shape index (κ1) is 16.2. The summed E-state index contributed by atoms with van der Waals surface area (Å²) in [7, 11) is 0. The van der Waals surface area contributed by atoms with Crippen LogP contribution in [0.2, 0.25) is 0 Å². The van der Waals surface area contributed by atoms with Crippen molar-refractivity contribution in [2.75, 3.05) is 0 Å². The average molecular weight is 387 g/mol. The highest BCUT2D eigenvalue weighted by molar-refractivity contribution is 9.10. The van der Waals surface area contributed by atoms with E-state index in [-0.39, 0.29) is 5.69 Å². The number of rotatable bonds is 5. The number of halogens is 1. The maximum absolute atomic E-state index is 11.5. The molecule has 3 N–H and O–H groups in total. The van der Waals surface area contributed by atoms with Gasteiger partial charge in [0.15, 0.2) is 5.69 Å². The number of amides is 1. The van der Waals surface area contributed by atoms with Gasteiger partial charge in [-0.2, -0.15) is 15.4 Å². The number of nitrogens with two attached hydrogens (primary N) is 1. The third-order valence-corrected chi connectivity index (χ3v) is 3.99. The predicted octanol–water partition coefficient (Wildman–Crippen LogP) is 3.22. The number of nitrogens with zero attached hydrogens (tertiary/aromatic N) is 2. The number of carbonyl (C=O) groups excluding carboxylic acids is 1. The number of aryl methyl sites for hydroxylation is 1. The van der Waals surface area contributed by atoms with Crippen LogP contribution in [0.1, 0.15) is 21.6 Å². The van der Waals surface area contributed by atoms with Crippen LogP contribution >= 0.6 is 15.9 Å². The first-order chi connectivity index (χ1) is 11.5. The largest absolute Gasteiger partial charge is 0.488 e. The summed E-state index contributed by atoms with van der Waals surface area (Å²) in [6.45, 7) is 2.44. The van der Waals surface area contributed by atoms with E-state index >= 15 is 0 Å². The number of primary amides is 1. The fourth-order valence-electron chi connectivity index (χ4n) is 2.25. The lowest BCUT2D eigenvalue weighted by Crippen LogP contribution is -2.13. The number of carbonyl (C=O) groups is 1. The maximum Gasteiger partial charge on any atom is 0.271 e. The molecule has 24 heavy (non-hydrogen) atoms. The molecule has 0 saturated heterocycles.